The van der Waals surface area contributed by atoms with Crippen LogP contribution in [0.1, 0.15) is 0 Å². The largest absolute Gasteiger partial charge is 1.00 e. The van der Waals surface area contributed by atoms with Crippen LogP contribution in [0.3, 0.4) is 0 Å². The van der Waals surface area contributed by atoms with Gasteiger partial charge in [0.25, 0.3) is 0 Å². The number of rotatable bonds is 0. The molecule has 0 fully saturated rings. The first kappa shape index (κ1) is 23.5. The molecule has 11 heavy (non-hydrogen) atoms. The molecular formula is CH5K2N2O5P. The maximum absolute atomic E-state index is 9.00. The first-order chi connectivity index (χ1) is 3.73. The van der Waals surface area contributed by atoms with Gasteiger partial charge in [0.1, 0.15) is 0 Å². The predicted molar refractivity (Wildman–Crippen MR) is 23.6 cm³/mol. The Labute approximate surface area is 148 Å². The Hall–Kier alpha value is 2.65. The van der Waals surface area contributed by atoms with Gasteiger partial charge in [0.2, 0.25) is 0 Å². The van der Waals surface area contributed by atoms with E-state index in [4.69, 9.17) is 24.0 Å². The van der Waals surface area contributed by atoms with E-state index in [-0.39, 0.29) is 103 Å². The normalized spacial score (nSPS) is 7.55. The van der Waals surface area contributed by atoms with E-state index in [0.717, 1.165) is 0 Å². The van der Waals surface area contributed by atoms with Gasteiger partial charge in [0, 0.05) is 0 Å². The predicted octanol–water partition coefficient (Wildman–Crippen LogP) is -9.16. The van der Waals surface area contributed by atoms with Crippen LogP contribution in [0, 0.1) is 0 Å². The Morgan fingerprint density at radius 2 is 1.27 bits per heavy atom. The van der Waals surface area contributed by atoms with Crippen molar-refractivity contribution in [3.63, 3.8) is 0 Å². The van der Waals surface area contributed by atoms with Gasteiger partial charge in [0.05, 0.1) is 7.82 Å². The number of carbonyl (C=O) groups excluding carboxylic acids is 1. The van der Waals surface area contributed by atoms with Crippen LogP contribution >= 0.6 is 7.82 Å². The van der Waals surface area contributed by atoms with Crippen LogP contribution in [0.25, 0.3) is 0 Å². The SMILES string of the molecule is NC(N)=O.O=P([O-])([O-])O.[K+].[K+]. The Bertz CT molecular complexity index is 122. The summed E-state index contributed by atoms with van der Waals surface area (Å²) in [5.74, 6) is 0. The van der Waals surface area contributed by atoms with Crippen LogP contribution in [-0.2, 0) is 4.57 Å². The first-order valence-corrected chi connectivity index (χ1v) is 3.02. The number of carbonyl (C=O) groups is 1. The van der Waals surface area contributed by atoms with Crippen molar-refractivity contribution in [3.05, 3.63) is 0 Å². The van der Waals surface area contributed by atoms with Crippen LogP contribution in [0.2, 0.25) is 0 Å². The van der Waals surface area contributed by atoms with Gasteiger partial charge in [-0.1, -0.05) is 0 Å². The van der Waals surface area contributed by atoms with Crippen LogP contribution in [0.4, 0.5) is 4.79 Å². The van der Waals surface area contributed by atoms with E-state index in [1.807, 2.05) is 0 Å². The van der Waals surface area contributed by atoms with Gasteiger partial charge < -0.3 is 30.7 Å². The van der Waals surface area contributed by atoms with E-state index < -0.39 is 13.9 Å². The minimum Gasteiger partial charge on any atom is -0.790 e. The summed E-state index contributed by atoms with van der Waals surface area (Å²) < 4.78 is 8.66. The summed E-state index contributed by atoms with van der Waals surface area (Å²) in [7, 11) is -5.14. The van der Waals surface area contributed by atoms with Gasteiger partial charge in [-0.05, 0) is 0 Å². The van der Waals surface area contributed by atoms with Crippen molar-refractivity contribution in [2.75, 3.05) is 0 Å². The van der Waals surface area contributed by atoms with Crippen LogP contribution in [-0.4, -0.2) is 10.9 Å². The third kappa shape index (κ3) is 204. The third-order valence-electron chi connectivity index (χ3n) is 0. The zero-order valence-corrected chi connectivity index (χ0v) is 13.3. The van der Waals surface area contributed by atoms with Gasteiger partial charge in [-0.2, -0.15) is 0 Å². The summed E-state index contributed by atoms with van der Waals surface area (Å²) in [5, 5.41) is 0. The molecule has 56 valence electrons. The second kappa shape index (κ2) is 12.7. The molecule has 0 aliphatic carbocycles. The summed E-state index contributed by atoms with van der Waals surface area (Å²) in [4.78, 5) is 33.3. The van der Waals surface area contributed by atoms with E-state index >= 15 is 0 Å². The maximum Gasteiger partial charge on any atom is 1.00 e. The third-order valence-corrected chi connectivity index (χ3v) is 0. The van der Waals surface area contributed by atoms with E-state index in [0.29, 0.717) is 0 Å². The molecule has 0 aliphatic heterocycles. The van der Waals surface area contributed by atoms with Crippen LogP contribution in [0.5, 0.6) is 0 Å². The molecule has 0 bridgehead atoms. The second-order valence-corrected chi connectivity index (χ2v) is 1.81. The Balaban J connectivity index is -0.0000000383. The number of urea groups is 1. The second-order valence-electron chi connectivity index (χ2n) is 0.871. The minimum atomic E-state index is -5.14. The number of amides is 2. The smallest absolute Gasteiger partial charge is 0.790 e. The molecular weight excluding hydrogens is 229 g/mol. The molecule has 5 N–H and O–H groups in total. The molecule has 0 rings (SSSR count). The average Bonchev–Trinajstić information content (AvgIpc) is 1.19. The van der Waals surface area contributed by atoms with Gasteiger partial charge in [-0.15, -0.1) is 0 Å². The molecule has 0 atom stereocenters. The summed E-state index contributed by atoms with van der Waals surface area (Å²) >= 11 is 0. The molecule has 0 unspecified atom stereocenters. The first-order valence-electron chi connectivity index (χ1n) is 1.53. The minimum absolute atomic E-state index is 0. The van der Waals surface area contributed by atoms with Gasteiger partial charge in [-0.3, -0.25) is 0 Å². The standard InChI is InChI=1S/CH4N2O.2K.H3O4P/c2-1(3)4;;;1-5(2,3)4/h(H4,2,3,4);;;(H3,1,2,3,4)/q;2*+1;/p-2. The fraction of sp³-hybridized carbons (Fsp3) is 0. The summed E-state index contributed by atoms with van der Waals surface area (Å²) in [6.07, 6.45) is 0. The summed E-state index contributed by atoms with van der Waals surface area (Å²) in [6, 6.07) is -0.833. The molecule has 7 nitrogen and oxygen atoms in total. The Morgan fingerprint density at radius 3 is 1.27 bits per heavy atom. The monoisotopic (exact) mass is 234 g/mol. The zero-order chi connectivity index (χ0) is 8.08. The number of hydrogen-bond donors (Lipinski definition) is 3. The van der Waals surface area contributed by atoms with Crippen LogP contribution in [0.15, 0.2) is 0 Å². The van der Waals surface area contributed by atoms with Crippen LogP contribution < -0.4 is 124 Å². The van der Waals surface area contributed by atoms with Crippen molar-refractivity contribution in [2.45, 2.75) is 0 Å². The summed E-state index contributed by atoms with van der Waals surface area (Å²) in [5.41, 5.74) is 8.50. The van der Waals surface area contributed by atoms with Gasteiger partial charge in [0.15, 0.2) is 0 Å². The number of primary amides is 2. The van der Waals surface area contributed by atoms with Crippen molar-refractivity contribution in [2.24, 2.45) is 11.5 Å². The Kier molecular flexibility index (Phi) is 27.0. The average molecular weight is 234 g/mol. The number of hydrogen-bond acceptors (Lipinski definition) is 4. The quantitative estimate of drug-likeness (QED) is 0.280. The molecule has 0 saturated heterocycles. The maximum atomic E-state index is 9.00. The van der Waals surface area contributed by atoms with E-state index in [1.165, 1.54) is 0 Å². The van der Waals surface area contributed by atoms with Crippen molar-refractivity contribution < 1.29 is 127 Å². The zero-order valence-electron chi connectivity index (χ0n) is 6.18. The molecule has 0 aromatic carbocycles. The molecule has 0 heterocycles. The number of nitrogens with two attached hydrogens (primary N) is 2. The molecule has 0 aromatic rings. The van der Waals surface area contributed by atoms with E-state index in [9.17, 15) is 0 Å². The van der Waals surface area contributed by atoms with Crippen molar-refractivity contribution in [1.29, 1.82) is 0 Å². The molecule has 0 saturated carbocycles. The summed E-state index contributed by atoms with van der Waals surface area (Å²) in [6.45, 7) is 0. The van der Waals surface area contributed by atoms with Gasteiger partial charge in [-0.25, -0.2) is 4.79 Å². The fourth-order valence-electron chi connectivity index (χ4n) is 0. The van der Waals surface area contributed by atoms with E-state index in [2.05, 4.69) is 11.5 Å². The molecule has 0 aliphatic rings. The molecule has 10 heteroatoms. The number of phosphoric acid groups is 1. The Morgan fingerprint density at radius 1 is 1.27 bits per heavy atom. The molecule has 2 amide bonds. The topological polar surface area (TPSA) is 153 Å². The van der Waals surface area contributed by atoms with E-state index in [1.54, 1.807) is 0 Å². The molecule has 0 radical (unpaired) electrons. The molecule has 0 spiro atoms. The van der Waals surface area contributed by atoms with Crippen molar-refractivity contribution in [3.8, 4) is 0 Å². The molecule has 0 aromatic heterocycles. The van der Waals surface area contributed by atoms with Gasteiger partial charge >= 0.3 is 109 Å². The fourth-order valence-corrected chi connectivity index (χ4v) is 0. The van der Waals surface area contributed by atoms with Crippen molar-refractivity contribution >= 4 is 13.9 Å². The van der Waals surface area contributed by atoms with Crippen molar-refractivity contribution in [1.82, 2.24) is 0 Å².